The lowest BCUT2D eigenvalue weighted by atomic mass is 10.2. The largest absolute Gasteiger partial charge is 0.475 e. The Hall–Kier alpha value is -2.95. The molecule has 0 aromatic heterocycles. The standard InChI is InChI=1S/C16H12O5/c17-16(18)15(21-12-4-2-1-3-5-12)9-11-6-7-13-14(8-11)20-10-19-13/h1-9H,10H2,(H,17,18). The molecule has 0 saturated heterocycles. The summed E-state index contributed by atoms with van der Waals surface area (Å²) in [5, 5.41) is 9.24. The summed E-state index contributed by atoms with van der Waals surface area (Å²) < 4.78 is 15.9. The first-order valence-corrected chi connectivity index (χ1v) is 6.30. The van der Waals surface area contributed by atoms with E-state index in [0.29, 0.717) is 22.8 Å². The summed E-state index contributed by atoms with van der Waals surface area (Å²) in [5.41, 5.74) is 0.660. The summed E-state index contributed by atoms with van der Waals surface area (Å²) >= 11 is 0. The summed E-state index contributed by atoms with van der Waals surface area (Å²) in [4.78, 5) is 11.3. The first-order valence-electron chi connectivity index (χ1n) is 6.30. The first-order chi connectivity index (χ1) is 10.2. The van der Waals surface area contributed by atoms with Gasteiger partial charge in [0.2, 0.25) is 12.6 Å². The average Bonchev–Trinajstić information content (AvgIpc) is 2.95. The lowest BCUT2D eigenvalue weighted by molar-refractivity contribution is -0.134. The minimum absolute atomic E-state index is 0.167. The molecule has 2 aromatic carbocycles. The van der Waals surface area contributed by atoms with Gasteiger partial charge in [-0.25, -0.2) is 4.79 Å². The molecule has 1 heterocycles. The van der Waals surface area contributed by atoms with Crippen molar-refractivity contribution in [3.8, 4) is 17.2 Å². The van der Waals surface area contributed by atoms with E-state index in [0.717, 1.165) is 0 Å². The van der Waals surface area contributed by atoms with Gasteiger partial charge in [0, 0.05) is 0 Å². The molecule has 3 rings (SSSR count). The smallest absolute Gasteiger partial charge is 0.371 e. The molecule has 2 aromatic rings. The van der Waals surface area contributed by atoms with Gasteiger partial charge in [0.15, 0.2) is 11.5 Å². The molecule has 106 valence electrons. The molecule has 1 N–H and O–H groups in total. The second-order valence-electron chi connectivity index (χ2n) is 4.34. The van der Waals surface area contributed by atoms with Gasteiger partial charge in [-0.1, -0.05) is 24.3 Å². The normalized spacial score (nSPS) is 13.0. The SMILES string of the molecule is O=C(O)C(=Cc1ccc2c(c1)OCO2)Oc1ccccc1. The minimum atomic E-state index is -1.14. The summed E-state index contributed by atoms with van der Waals surface area (Å²) in [6.07, 6.45) is 1.44. The van der Waals surface area contributed by atoms with E-state index in [2.05, 4.69) is 0 Å². The molecular weight excluding hydrogens is 272 g/mol. The highest BCUT2D eigenvalue weighted by molar-refractivity contribution is 5.90. The van der Waals surface area contributed by atoms with E-state index in [1.807, 2.05) is 6.07 Å². The Labute approximate surface area is 121 Å². The Morgan fingerprint density at radius 2 is 1.86 bits per heavy atom. The predicted octanol–water partition coefficient (Wildman–Crippen LogP) is 2.92. The van der Waals surface area contributed by atoms with E-state index >= 15 is 0 Å². The van der Waals surface area contributed by atoms with Crippen LogP contribution in [-0.4, -0.2) is 17.9 Å². The zero-order valence-electron chi connectivity index (χ0n) is 11.0. The highest BCUT2D eigenvalue weighted by atomic mass is 16.7. The fourth-order valence-corrected chi connectivity index (χ4v) is 1.90. The van der Waals surface area contributed by atoms with Crippen LogP contribution in [0.1, 0.15) is 5.56 Å². The molecule has 0 radical (unpaired) electrons. The van der Waals surface area contributed by atoms with Crippen molar-refractivity contribution in [3.63, 3.8) is 0 Å². The number of para-hydroxylation sites is 1. The van der Waals surface area contributed by atoms with Crippen molar-refractivity contribution in [1.82, 2.24) is 0 Å². The van der Waals surface area contributed by atoms with E-state index < -0.39 is 5.97 Å². The summed E-state index contributed by atoms with van der Waals surface area (Å²) in [7, 11) is 0. The Bertz CT molecular complexity index is 691. The monoisotopic (exact) mass is 284 g/mol. The Morgan fingerprint density at radius 1 is 1.10 bits per heavy atom. The number of benzene rings is 2. The van der Waals surface area contributed by atoms with Crippen LogP contribution < -0.4 is 14.2 Å². The lowest BCUT2D eigenvalue weighted by Gasteiger charge is -2.06. The molecule has 1 aliphatic heterocycles. The molecule has 5 nitrogen and oxygen atoms in total. The van der Waals surface area contributed by atoms with Crippen molar-refractivity contribution in [2.24, 2.45) is 0 Å². The van der Waals surface area contributed by atoms with Crippen molar-refractivity contribution in [1.29, 1.82) is 0 Å². The zero-order valence-corrected chi connectivity index (χ0v) is 11.0. The van der Waals surface area contributed by atoms with Crippen LogP contribution in [0, 0.1) is 0 Å². The maximum absolute atomic E-state index is 11.3. The average molecular weight is 284 g/mol. The van der Waals surface area contributed by atoms with E-state index in [4.69, 9.17) is 14.2 Å². The van der Waals surface area contributed by atoms with Gasteiger partial charge in [0.25, 0.3) is 0 Å². The molecule has 0 unspecified atom stereocenters. The topological polar surface area (TPSA) is 65.0 Å². The van der Waals surface area contributed by atoms with Crippen LogP contribution >= 0.6 is 0 Å². The first kappa shape index (κ1) is 13.1. The molecule has 5 heteroatoms. The van der Waals surface area contributed by atoms with Crippen LogP contribution in [0.2, 0.25) is 0 Å². The van der Waals surface area contributed by atoms with Crippen LogP contribution in [0.15, 0.2) is 54.3 Å². The van der Waals surface area contributed by atoms with Crippen LogP contribution in [0.5, 0.6) is 17.2 Å². The molecule has 0 amide bonds. The third kappa shape index (κ3) is 2.97. The van der Waals surface area contributed by atoms with Crippen molar-refractivity contribution in [2.45, 2.75) is 0 Å². The van der Waals surface area contributed by atoms with Crippen LogP contribution in [0.3, 0.4) is 0 Å². The summed E-state index contributed by atoms with van der Waals surface area (Å²) in [6.45, 7) is 0.175. The van der Waals surface area contributed by atoms with Crippen LogP contribution in [0.25, 0.3) is 6.08 Å². The van der Waals surface area contributed by atoms with Gasteiger partial charge in [-0.3, -0.25) is 0 Å². The molecule has 21 heavy (non-hydrogen) atoms. The second-order valence-corrected chi connectivity index (χ2v) is 4.34. The van der Waals surface area contributed by atoms with E-state index in [1.165, 1.54) is 6.08 Å². The van der Waals surface area contributed by atoms with Crippen LogP contribution in [0.4, 0.5) is 0 Å². The Balaban J connectivity index is 1.88. The zero-order chi connectivity index (χ0) is 14.7. The molecule has 0 spiro atoms. The number of carbonyl (C=O) groups is 1. The molecular formula is C16H12O5. The maximum atomic E-state index is 11.3. The number of ether oxygens (including phenoxy) is 3. The Morgan fingerprint density at radius 3 is 2.62 bits per heavy atom. The van der Waals surface area contributed by atoms with E-state index in [-0.39, 0.29) is 12.6 Å². The minimum Gasteiger partial charge on any atom is -0.475 e. The number of hydrogen-bond acceptors (Lipinski definition) is 4. The fourth-order valence-electron chi connectivity index (χ4n) is 1.90. The van der Waals surface area contributed by atoms with Gasteiger partial charge in [-0.15, -0.1) is 0 Å². The number of fused-ring (bicyclic) bond motifs is 1. The molecule has 1 aliphatic rings. The van der Waals surface area contributed by atoms with Crippen molar-refractivity contribution >= 4 is 12.0 Å². The van der Waals surface area contributed by atoms with Crippen LogP contribution in [-0.2, 0) is 4.79 Å². The second kappa shape index (κ2) is 5.58. The van der Waals surface area contributed by atoms with Crippen molar-refractivity contribution < 1.29 is 24.1 Å². The summed E-state index contributed by atoms with van der Waals surface area (Å²) in [5.74, 6) is 0.393. The number of rotatable bonds is 4. The van der Waals surface area contributed by atoms with Gasteiger partial charge in [0.05, 0.1) is 0 Å². The maximum Gasteiger partial charge on any atom is 0.371 e. The number of aliphatic carboxylic acids is 1. The van der Waals surface area contributed by atoms with Gasteiger partial charge in [0.1, 0.15) is 5.75 Å². The highest BCUT2D eigenvalue weighted by Crippen LogP contribution is 2.33. The third-order valence-electron chi connectivity index (χ3n) is 2.88. The fraction of sp³-hybridized carbons (Fsp3) is 0.0625. The number of carboxylic acids is 1. The molecule has 0 saturated carbocycles. The molecule has 0 aliphatic carbocycles. The number of carboxylic acid groups (broad SMARTS) is 1. The van der Waals surface area contributed by atoms with Gasteiger partial charge in [-0.05, 0) is 35.9 Å². The third-order valence-corrected chi connectivity index (χ3v) is 2.88. The van der Waals surface area contributed by atoms with Gasteiger partial charge in [-0.2, -0.15) is 0 Å². The Kier molecular flexibility index (Phi) is 3.47. The van der Waals surface area contributed by atoms with Crippen molar-refractivity contribution in [3.05, 3.63) is 59.9 Å². The summed E-state index contributed by atoms with van der Waals surface area (Å²) in [6, 6.07) is 13.9. The van der Waals surface area contributed by atoms with E-state index in [1.54, 1.807) is 42.5 Å². The van der Waals surface area contributed by atoms with E-state index in [9.17, 15) is 9.90 Å². The highest BCUT2D eigenvalue weighted by Gasteiger charge is 2.15. The number of hydrogen-bond donors (Lipinski definition) is 1. The lowest BCUT2D eigenvalue weighted by Crippen LogP contribution is -2.07. The predicted molar refractivity (Wildman–Crippen MR) is 75.2 cm³/mol. The van der Waals surface area contributed by atoms with Gasteiger partial charge >= 0.3 is 5.97 Å². The quantitative estimate of drug-likeness (QED) is 0.690. The molecule has 0 fully saturated rings. The molecule has 0 bridgehead atoms. The molecule has 0 atom stereocenters. The van der Waals surface area contributed by atoms with Gasteiger partial charge < -0.3 is 19.3 Å². The van der Waals surface area contributed by atoms with Crippen molar-refractivity contribution in [2.75, 3.05) is 6.79 Å².